The second-order valence-electron chi connectivity index (χ2n) is 8.50. The quantitative estimate of drug-likeness (QED) is 0.753. The maximum absolute atomic E-state index is 13.9. The fraction of sp³-hybridized carbons (Fsp3) is 0.500. The number of imidazole rings is 1. The molecule has 3 rings (SSSR count). The Morgan fingerprint density at radius 2 is 2.00 bits per heavy atom. The minimum atomic E-state index is -0.500. The van der Waals surface area contributed by atoms with Gasteiger partial charge in [-0.2, -0.15) is 5.26 Å². The van der Waals surface area contributed by atoms with Crippen LogP contribution in [0, 0.1) is 17.1 Å². The SMILES string of the molecule is CC(C)(C)OC(=O)N1CCN(CCc2cncn2Cc2ccc(C#N)c(F)c2)CC1. The lowest BCUT2D eigenvalue weighted by molar-refractivity contribution is 0.0146. The van der Waals surface area contributed by atoms with Crippen LogP contribution in [0.2, 0.25) is 0 Å². The minimum absolute atomic E-state index is 0.0510. The molecule has 1 amide bonds. The number of benzene rings is 1. The zero-order chi connectivity index (χ0) is 21.7. The van der Waals surface area contributed by atoms with Crippen molar-refractivity contribution in [2.45, 2.75) is 39.3 Å². The van der Waals surface area contributed by atoms with E-state index in [0.717, 1.165) is 37.3 Å². The number of hydrogen-bond donors (Lipinski definition) is 0. The van der Waals surface area contributed by atoms with Crippen LogP contribution >= 0.6 is 0 Å². The second-order valence-corrected chi connectivity index (χ2v) is 8.50. The van der Waals surface area contributed by atoms with Gasteiger partial charge in [-0.3, -0.25) is 4.90 Å². The van der Waals surface area contributed by atoms with Gasteiger partial charge in [-0.1, -0.05) is 6.07 Å². The third-order valence-electron chi connectivity index (χ3n) is 5.01. The van der Waals surface area contributed by atoms with Gasteiger partial charge in [-0.05, 0) is 38.5 Å². The van der Waals surface area contributed by atoms with Crippen LogP contribution in [0.3, 0.4) is 0 Å². The van der Waals surface area contributed by atoms with Crippen LogP contribution in [-0.4, -0.2) is 63.8 Å². The first-order valence-electron chi connectivity index (χ1n) is 10.1. The van der Waals surface area contributed by atoms with E-state index < -0.39 is 11.4 Å². The molecule has 0 spiro atoms. The topological polar surface area (TPSA) is 74.4 Å². The molecular weight excluding hydrogens is 385 g/mol. The highest BCUT2D eigenvalue weighted by Crippen LogP contribution is 2.14. The number of nitrogens with zero attached hydrogens (tertiary/aromatic N) is 5. The number of amides is 1. The minimum Gasteiger partial charge on any atom is -0.444 e. The van der Waals surface area contributed by atoms with Crippen molar-refractivity contribution in [2.75, 3.05) is 32.7 Å². The normalized spacial score (nSPS) is 15.1. The molecule has 1 aromatic carbocycles. The van der Waals surface area contributed by atoms with Crippen LogP contribution in [0.5, 0.6) is 0 Å². The van der Waals surface area contributed by atoms with Crippen LogP contribution in [0.15, 0.2) is 30.7 Å². The van der Waals surface area contributed by atoms with Gasteiger partial charge in [0, 0.05) is 57.6 Å². The Balaban J connectivity index is 1.50. The Bertz CT molecular complexity index is 920. The average molecular weight is 413 g/mol. The van der Waals surface area contributed by atoms with Gasteiger partial charge in [-0.25, -0.2) is 14.2 Å². The first kappa shape index (κ1) is 21.8. The summed E-state index contributed by atoms with van der Waals surface area (Å²) in [7, 11) is 0. The third-order valence-corrected chi connectivity index (χ3v) is 5.01. The van der Waals surface area contributed by atoms with E-state index in [0.29, 0.717) is 19.6 Å². The molecule has 0 saturated carbocycles. The van der Waals surface area contributed by atoms with Crippen LogP contribution in [0.25, 0.3) is 0 Å². The summed E-state index contributed by atoms with van der Waals surface area (Å²) in [5.41, 5.74) is 1.42. The Hall–Kier alpha value is -2.92. The molecule has 0 unspecified atom stereocenters. The molecule has 0 aliphatic carbocycles. The van der Waals surface area contributed by atoms with Gasteiger partial charge >= 0.3 is 6.09 Å². The van der Waals surface area contributed by atoms with Crippen LogP contribution in [-0.2, 0) is 17.7 Å². The Morgan fingerprint density at radius 3 is 2.63 bits per heavy atom. The zero-order valence-corrected chi connectivity index (χ0v) is 17.8. The first-order valence-corrected chi connectivity index (χ1v) is 10.1. The van der Waals surface area contributed by atoms with Crippen LogP contribution in [0.1, 0.15) is 37.6 Å². The Morgan fingerprint density at radius 1 is 1.27 bits per heavy atom. The molecule has 0 atom stereocenters. The van der Waals surface area contributed by atoms with E-state index in [1.54, 1.807) is 17.3 Å². The van der Waals surface area contributed by atoms with Crippen LogP contribution < -0.4 is 0 Å². The fourth-order valence-corrected chi connectivity index (χ4v) is 3.40. The number of carbonyl (C=O) groups is 1. The van der Waals surface area contributed by atoms with Crippen molar-refractivity contribution < 1.29 is 13.9 Å². The summed E-state index contributed by atoms with van der Waals surface area (Å²) in [6, 6.07) is 6.51. The van der Waals surface area contributed by atoms with E-state index in [4.69, 9.17) is 10.00 Å². The molecule has 1 aliphatic heterocycles. The summed E-state index contributed by atoms with van der Waals surface area (Å²) in [5, 5.41) is 8.86. The molecule has 30 heavy (non-hydrogen) atoms. The molecule has 7 nitrogen and oxygen atoms in total. The lowest BCUT2D eigenvalue weighted by Crippen LogP contribution is -2.50. The fourth-order valence-electron chi connectivity index (χ4n) is 3.40. The maximum atomic E-state index is 13.9. The zero-order valence-electron chi connectivity index (χ0n) is 17.8. The van der Waals surface area contributed by atoms with Gasteiger partial charge < -0.3 is 14.2 Å². The number of nitriles is 1. The lowest BCUT2D eigenvalue weighted by Gasteiger charge is -2.35. The van der Waals surface area contributed by atoms with E-state index in [2.05, 4.69) is 9.88 Å². The highest BCUT2D eigenvalue weighted by molar-refractivity contribution is 5.68. The van der Waals surface area contributed by atoms with Crippen molar-refractivity contribution in [3.05, 3.63) is 53.4 Å². The van der Waals surface area contributed by atoms with E-state index in [1.807, 2.05) is 37.6 Å². The van der Waals surface area contributed by atoms with E-state index in [9.17, 15) is 9.18 Å². The number of piperazine rings is 1. The van der Waals surface area contributed by atoms with E-state index >= 15 is 0 Å². The smallest absolute Gasteiger partial charge is 0.410 e. The number of hydrogen-bond acceptors (Lipinski definition) is 5. The number of halogens is 1. The largest absolute Gasteiger partial charge is 0.444 e. The van der Waals surface area contributed by atoms with Gasteiger partial charge in [0.2, 0.25) is 0 Å². The number of rotatable bonds is 5. The summed E-state index contributed by atoms with van der Waals surface area (Å²) in [5.74, 6) is -0.500. The standard InChI is InChI=1S/C22H28FN5O2/c1-22(2,3)30-21(29)27-10-8-26(9-11-27)7-6-19-14-25-16-28(19)15-17-4-5-18(13-24)20(23)12-17/h4-5,12,14,16H,6-11,15H2,1-3H3. The lowest BCUT2D eigenvalue weighted by atomic mass is 10.1. The first-order chi connectivity index (χ1) is 14.2. The summed E-state index contributed by atoms with van der Waals surface area (Å²) in [6.45, 7) is 9.88. The molecule has 1 aromatic heterocycles. The van der Waals surface area contributed by atoms with Gasteiger partial charge in [0.25, 0.3) is 0 Å². The average Bonchev–Trinajstić information content (AvgIpc) is 3.12. The second kappa shape index (κ2) is 9.26. The molecule has 1 saturated heterocycles. The number of aromatic nitrogens is 2. The molecule has 0 N–H and O–H groups in total. The Labute approximate surface area is 176 Å². The van der Waals surface area contributed by atoms with Gasteiger partial charge in [0.05, 0.1) is 11.9 Å². The van der Waals surface area contributed by atoms with Gasteiger partial charge in [0.15, 0.2) is 0 Å². The highest BCUT2D eigenvalue weighted by atomic mass is 19.1. The molecule has 2 heterocycles. The monoisotopic (exact) mass is 413 g/mol. The van der Waals surface area contributed by atoms with Crippen molar-refractivity contribution >= 4 is 6.09 Å². The third kappa shape index (κ3) is 5.80. The molecule has 0 radical (unpaired) electrons. The Kier molecular flexibility index (Phi) is 6.73. The molecular formula is C22H28FN5O2. The molecule has 8 heteroatoms. The molecule has 1 aliphatic rings. The van der Waals surface area contributed by atoms with Crippen molar-refractivity contribution in [1.82, 2.24) is 19.4 Å². The highest BCUT2D eigenvalue weighted by Gasteiger charge is 2.25. The molecule has 1 fully saturated rings. The van der Waals surface area contributed by atoms with E-state index in [1.165, 1.54) is 12.1 Å². The maximum Gasteiger partial charge on any atom is 0.410 e. The number of ether oxygens (including phenoxy) is 1. The number of carbonyl (C=O) groups excluding carboxylic acids is 1. The summed E-state index contributed by atoms with van der Waals surface area (Å²) in [6.07, 6.45) is 4.13. The van der Waals surface area contributed by atoms with Crippen molar-refractivity contribution in [2.24, 2.45) is 0 Å². The predicted octanol–water partition coefficient (Wildman–Crippen LogP) is 3.04. The summed E-state index contributed by atoms with van der Waals surface area (Å²) >= 11 is 0. The molecule has 0 bridgehead atoms. The van der Waals surface area contributed by atoms with Crippen molar-refractivity contribution in [3.8, 4) is 6.07 Å². The summed E-state index contributed by atoms with van der Waals surface area (Å²) < 4.78 is 21.3. The summed E-state index contributed by atoms with van der Waals surface area (Å²) in [4.78, 5) is 20.5. The van der Waals surface area contributed by atoms with Gasteiger partial charge in [0.1, 0.15) is 17.5 Å². The van der Waals surface area contributed by atoms with Crippen molar-refractivity contribution in [3.63, 3.8) is 0 Å². The molecule has 2 aromatic rings. The van der Waals surface area contributed by atoms with Gasteiger partial charge in [-0.15, -0.1) is 0 Å². The predicted molar refractivity (Wildman–Crippen MR) is 110 cm³/mol. The van der Waals surface area contributed by atoms with Crippen LogP contribution in [0.4, 0.5) is 9.18 Å². The molecule has 160 valence electrons. The van der Waals surface area contributed by atoms with E-state index in [-0.39, 0.29) is 11.7 Å². The van der Waals surface area contributed by atoms with Crippen molar-refractivity contribution in [1.29, 1.82) is 5.26 Å².